The minimum atomic E-state index is -1.67. The monoisotopic (exact) mass is 446 g/mol. The Morgan fingerprint density at radius 3 is 2.41 bits per heavy atom. The van der Waals surface area contributed by atoms with Gasteiger partial charge >= 0.3 is 0 Å². The van der Waals surface area contributed by atoms with Crippen molar-refractivity contribution in [3.63, 3.8) is 0 Å². The highest BCUT2D eigenvalue weighted by molar-refractivity contribution is 5.86. The van der Waals surface area contributed by atoms with Gasteiger partial charge in [-0.3, -0.25) is 4.79 Å². The smallest absolute Gasteiger partial charge is 0.200 e. The summed E-state index contributed by atoms with van der Waals surface area (Å²) in [5.41, 5.74) is -0.0935. The van der Waals surface area contributed by atoms with Gasteiger partial charge in [-0.1, -0.05) is 6.07 Å². The van der Waals surface area contributed by atoms with Gasteiger partial charge in [0, 0.05) is 0 Å². The molecule has 0 amide bonds. The maximum absolute atomic E-state index is 13.2. The lowest BCUT2D eigenvalue weighted by molar-refractivity contribution is -0.231. The largest absolute Gasteiger partial charge is 0.507 e. The molecule has 2 aromatic carbocycles. The van der Waals surface area contributed by atoms with Crippen molar-refractivity contribution >= 4 is 11.0 Å². The topological polar surface area (TPSA) is 170 Å². The van der Waals surface area contributed by atoms with E-state index in [1.807, 2.05) is 0 Å². The highest BCUT2D eigenvalue weighted by Gasteiger charge is 2.45. The number of methoxy groups -OCH3 is 1. The molecule has 0 spiro atoms. The fourth-order valence-corrected chi connectivity index (χ4v) is 3.87. The molecule has 1 unspecified atom stereocenters. The SMILES string of the molecule is COc1cc(-c2coc3c([C@H]4OC(CO)[C@H](O)[C@@H](O)[C@@H]4O)c(O)ccc3c2=O)ccc1O. The van der Waals surface area contributed by atoms with E-state index in [9.17, 15) is 35.4 Å². The summed E-state index contributed by atoms with van der Waals surface area (Å²) in [6, 6.07) is 6.90. The van der Waals surface area contributed by atoms with E-state index in [4.69, 9.17) is 13.9 Å². The number of aromatic hydroxyl groups is 2. The van der Waals surface area contributed by atoms with Gasteiger partial charge in [0.05, 0.1) is 30.2 Å². The fraction of sp³-hybridized carbons (Fsp3) is 0.318. The van der Waals surface area contributed by atoms with Crippen molar-refractivity contribution in [3.8, 4) is 28.4 Å². The van der Waals surface area contributed by atoms with Crippen LogP contribution < -0.4 is 10.2 Å². The van der Waals surface area contributed by atoms with Crippen LogP contribution in [0, 0.1) is 0 Å². The molecule has 2 heterocycles. The predicted molar refractivity (Wildman–Crippen MR) is 111 cm³/mol. The van der Waals surface area contributed by atoms with Gasteiger partial charge in [-0.05, 0) is 29.8 Å². The number of hydrogen-bond acceptors (Lipinski definition) is 10. The molecule has 5 atom stereocenters. The number of hydrogen-bond donors (Lipinski definition) is 6. The van der Waals surface area contributed by atoms with E-state index < -0.39 is 42.6 Å². The van der Waals surface area contributed by atoms with Gasteiger partial charge in [0.1, 0.15) is 48.1 Å². The molecule has 32 heavy (non-hydrogen) atoms. The standard InChI is InChI=1S/C22H22O10/c1-30-14-6-9(2-4-12(14)24)11-8-31-21-10(17(11)26)3-5-13(25)16(21)22-20(29)19(28)18(27)15(7-23)32-22/h2-6,8,15,18-20,22-25,27-29H,7H2,1H3/t15?,18-,19+,20-,22+/m0/s1. The summed E-state index contributed by atoms with van der Waals surface area (Å²) in [5, 5.41) is 60.3. The van der Waals surface area contributed by atoms with Crippen LogP contribution in [0.5, 0.6) is 17.2 Å². The molecule has 1 aliphatic heterocycles. The van der Waals surface area contributed by atoms with Gasteiger partial charge in [-0.2, -0.15) is 0 Å². The normalized spacial score (nSPS) is 25.7. The molecule has 10 nitrogen and oxygen atoms in total. The van der Waals surface area contributed by atoms with Gasteiger partial charge in [0.2, 0.25) is 5.43 Å². The summed E-state index contributed by atoms with van der Waals surface area (Å²) in [7, 11) is 1.37. The van der Waals surface area contributed by atoms with Crippen molar-refractivity contribution in [1.29, 1.82) is 0 Å². The summed E-state index contributed by atoms with van der Waals surface area (Å²) >= 11 is 0. The molecule has 0 aliphatic carbocycles. The molecule has 10 heteroatoms. The summed E-state index contributed by atoms with van der Waals surface area (Å²) in [6.07, 6.45) is -6.36. The van der Waals surface area contributed by atoms with Crippen LogP contribution in [0.15, 0.2) is 45.8 Å². The first kappa shape index (κ1) is 22.1. The second-order valence-corrected chi connectivity index (χ2v) is 7.49. The fourth-order valence-electron chi connectivity index (χ4n) is 3.87. The zero-order chi connectivity index (χ0) is 23.2. The number of ether oxygens (including phenoxy) is 2. The molecular formula is C22H22O10. The lowest BCUT2D eigenvalue weighted by atomic mass is 9.89. The second kappa shape index (κ2) is 8.41. The van der Waals surface area contributed by atoms with Crippen LogP contribution in [0.2, 0.25) is 0 Å². The Labute approximate surface area is 181 Å². The lowest BCUT2D eigenvalue weighted by Crippen LogP contribution is -2.55. The van der Waals surface area contributed by atoms with Crippen molar-refractivity contribution < 1.29 is 44.5 Å². The molecule has 0 bridgehead atoms. The number of aliphatic hydroxyl groups is 4. The summed E-state index contributed by atoms with van der Waals surface area (Å²) in [5.74, 6) is -0.310. The van der Waals surface area contributed by atoms with Gasteiger partial charge in [0.15, 0.2) is 11.5 Å². The third-order valence-electron chi connectivity index (χ3n) is 5.62. The summed E-state index contributed by atoms with van der Waals surface area (Å²) in [4.78, 5) is 13.2. The Morgan fingerprint density at radius 1 is 1.00 bits per heavy atom. The molecular weight excluding hydrogens is 424 g/mol. The number of fused-ring (bicyclic) bond motifs is 1. The molecule has 4 rings (SSSR count). The molecule has 1 fully saturated rings. The van der Waals surface area contributed by atoms with E-state index in [1.165, 1.54) is 37.4 Å². The molecule has 1 saturated heterocycles. The zero-order valence-electron chi connectivity index (χ0n) is 16.9. The van der Waals surface area contributed by atoms with E-state index in [1.54, 1.807) is 0 Å². The van der Waals surface area contributed by atoms with Crippen LogP contribution in [-0.4, -0.2) is 68.8 Å². The van der Waals surface area contributed by atoms with Crippen molar-refractivity contribution in [2.45, 2.75) is 30.5 Å². The third-order valence-corrected chi connectivity index (χ3v) is 5.62. The van der Waals surface area contributed by atoms with Gasteiger partial charge < -0.3 is 44.5 Å². The molecule has 0 radical (unpaired) electrons. The van der Waals surface area contributed by atoms with Gasteiger partial charge in [0.25, 0.3) is 0 Å². The molecule has 6 N–H and O–H groups in total. The number of benzene rings is 2. The predicted octanol–water partition coefficient (Wildman–Crippen LogP) is 0.395. The van der Waals surface area contributed by atoms with Gasteiger partial charge in [-0.15, -0.1) is 0 Å². The highest BCUT2D eigenvalue weighted by atomic mass is 16.5. The number of phenols is 2. The van der Waals surface area contributed by atoms with Crippen LogP contribution in [-0.2, 0) is 4.74 Å². The Hall–Kier alpha value is -3.15. The third kappa shape index (κ3) is 3.48. The van der Waals surface area contributed by atoms with Crippen LogP contribution >= 0.6 is 0 Å². The number of aliphatic hydroxyl groups excluding tert-OH is 4. The Bertz CT molecular complexity index is 1200. The van der Waals surface area contributed by atoms with E-state index in [0.717, 1.165) is 6.26 Å². The average Bonchev–Trinajstić information content (AvgIpc) is 2.79. The maximum atomic E-state index is 13.2. The minimum absolute atomic E-state index is 0.0549. The van der Waals surface area contributed by atoms with Crippen LogP contribution in [0.1, 0.15) is 11.7 Å². The molecule has 1 aliphatic rings. The van der Waals surface area contributed by atoms with Gasteiger partial charge in [-0.25, -0.2) is 0 Å². The van der Waals surface area contributed by atoms with E-state index in [-0.39, 0.29) is 39.3 Å². The minimum Gasteiger partial charge on any atom is -0.507 e. The van der Waals surface area contributed by atoms with Crippen LogP contribution in [0.4, 0.5) is 0 Å². The van der Waals surface area contributed by atoms with Crippen molar-refractivity contribution in [3.05, 3.63) is 52.4 Å². The quantitative estimate of drug-likeness (QED) is 0.330. The van der Waals surface area contributed by atoms with E-state index in [0.29, 0.717) is 5.56 Å². The van der Waals surface area contributed by atoms with Crippen LogP contribution in [0.25, 0.3) is 22.1 Å². The van der Waals surface area contributed by atoms with Crippen molar-refractivity contribution in [2.24, 2.45) is 0 Å². The summed E-state index contributed by atoms with van der Waals surface area (Å²) in [6.45, 7) is -0.649. The van der Waals surface area contributed by atoms with Crippen molar-refractivity contribution in [2.75, 3.05) is 13.7 Å². The first-order valence-electron chi connectivity index (χ1n) is 9.73. The number of phenolic OH excluding ortho intramolecular Hbond substituents is 2. The summed E-state index contributed by atoms with van der Waals surface area (Å²) < 4.78 is 16.3. The zero-order valence-corrected chi connectivity index (χ0v) is 16.9. The Balaban J connectivity index is 1.87. The number of rotatable bonds is 4. The first-order chi connectivity index (χ1) is 15.3. The molecule has 1 aromatic heterocycles. The van der Waals surface area contributed by atoms with Crippen molar-refractivity contribution in [1.82, 2.24) is 0 Å². The average molecular weight is 446 g/mol. The second-order valence-electron chi connectivity index (χ2n) is 7.49. The lowest BCUT2D eigenvalue weighted by Gasteiger charge is -2.40. The van der Waals surface area contributed by atoms with Crippen LogP contribution in [0.3, 0.4) is 0 Å². The maximum Gasteiger partial charge on any atom is 0.200 e. The highest BCUT2D eigenvalue weighted by Crippen LogP contribution is 2.40. The van der Waals surface area contributed by atoms with E-state index in [2.05, 4.69) is 0 Å². The molecule has 170 valence electrons. The first-order valence-corrected chi connectivity index (χ1v) is 9.73. The molecule has 3 aromatic rings. The Kier molecular flexibility index (Phi) is 5.80. The Morgan fingerprint density at radius 2 is 1.72 bits per heavy atom. The van der Waals surface area contributed by atoms with E-state index >= 15 is 0 Å². The molecule has 0 saturated carbocycles.